The number of carbonyl (C=O) groups is 2. The van der Waals surface area contributed by atoms with E-state index in [2.05, 4.69) is 44.9 Å². The van der Waals surface area contributed by atoms with Gasteiger partial charge in [-0.3, -0.25) is 14.6 Å². The maximum atomic E-state index is 12.2. The summed E-state index contributed by atoms with van der Waals surface area (Å²) in [6.07, 6.45) is 11.0. The van der Waals surface area contributed by atoms with Crippen LogP contribution < -0.4 is 34.8 Å². The third kappa shape index (κ3) is 15.0. The third-order valence-corrected chi connectivity index (χ3v) is 4.08. The zero-order valence-electron chi connectivity index (χ0n) is 16.7. The molecule has 0 fully saturated rings. The molecule has 7 nitrogen and oxygen atoms in total. The zero-order valence-corrected chi connectivity index (χ0v) is 19.5. The minimum Gasteiger partial charge on any atom is -0.691 e. The maximum Gasteiger partial charge on any atom is 1.00 e. The van der Waals surface area contributed by atoms with Crippen LogP contribution in [0.1, 0.15) is 33.1 Å². The molecule has 0 aromatic rings. The second-order valence-electron chi connectivity index (χ2n) is 5.28. The Morgan fingerprint density at radius 1 is 1.00 bits per heavy atom. The van der Waals surface area contributed by atoms with Crippen LogP contribution in [-0.2, 0) is 28.4 Å². The standard InChI is InChI=1S/C20H22O7S.Na/c1-5-9-11-16(7-3)14-24-19(21)13-18(28-27-26-23)20(22)25-15-17(8-4)12-10-6-2;/h1-2,16-18,23H,7-8,13-15H2,3-4H3;/q;+1/p-1. The summed E-state index contributed by atoms with van der Waals surface area (Å²) in [5.41, 5.74) is 0. The summed E-state index contributed by atoms with van der Waals surface area (Å²) >= 11 is 0.356. The van der Waals surface area contributed by atoms with Crippen LogP contribution in [0.25, 0.3) is 0 Å². The van der Waals surface area contributed by atoms with E-state index in [1.165, 1.54) is 0 Å². The predicted octanol–water partition coefficient (Wildman–Crippen LogP) is -1.97. The topological polar surface area (TPSA) is 94.1 Å². The van der Waals surface area contributed by atoms with Crippen LogP contribution in [0.4, 0.5) is 0 Å². The van der Waals surface area contributed by atoms with Gasteiger partial charge in [-0.15, -0.1) is 12.8 Å². The maximum absolute atomic E-state index is 12.2. The normalized spacial score (nSPS) is 12.0. The van der Waals surface area contributed by atoms with Crippen LogP contribution in [0.5, 0.6) is 0 Å². The van der Waals surface area contributed by atoms with E-state index in [0.29, 0.717) is 24.9 Å². The molecule has 150 valence electrons. The molecule has 0 aliphatic carbocycles. The van der Waals surface area contributed by atoms with Gasteiger partial charge in [-0.25, -0.2) is 0 Å². The first-order chi connectivity index (χ1) is 13.5. The van der Waals surface area contributed by atoms with Crippen LogP contribution in [0.3, 0.4) is 0 Å². The number of esters is 2. The number of ether oxygens (including phenoxy) is 2. The van der Waals surface area contributed by atoms with E-state index in [9.17, 15) is 14.8 Å². The van der Waals surface area contributed by atoms with Crippen LogP contribution in [0.2, 0.25) is 0 Å². The zero-order chi connectivity index (χ0) is 21.2. The number of rotatable bonds is 12. The van der Waals surface area contributed by atoms with Crippen LogP contribution in [-0.4, -0.2) is 30.4 Å². The van der Waals surface area contributed by atoms with Crippen molar-refractivity contribution in [1.29, 1.82) is 0 Å². The summed E-state index contributed by atoms with van der Waals surface area (Å²) in [6, 6.07) is 0. The molecule has 3 atom stereocenters. The van der Waals surface area contributed by atoms with Crippen molar-refractivity contribution in [2.45, 2.75) is 38.4 Å². The summed E-state index contributed by atoms with van der Waals surface area (Å²) < 4.78 is 14.4. The molecular weight excluding hydrogens is 407 g/mol. The quantitative estimate of drug-likeness (QED) is 0.0883. The molecular formula is C20H21NaO7S. The first kappa shape index (κ1) is 29.6. The van der Waals surface area contributed by atoms with Crippen molar-refractivity contribution in [3.05, 3.63) is 0 Å². The average molecular weight is 428 g/mol. The van der Waals surface area contributed by atoms with Gasteiger partial charge in [0.25, 0.3) is 0 Å². The van der Waals surface area contributed by atoms with E-state index in [1.54, 1.807) is 0 Å². The van der Waals surface area contributed by atoms with Crippen molar-refractivity contribution < 1.29 is 63.2 Å². The van der Waals surface area contributed by atoms with E-state index in [4.69, 9.17) is 22.3 Å². The van der Waals surface area contributed by atoms with Gasteiger partial charge < -0.3 is 14.7 Å². The summed E-state index contributed by atoms with van der Waals surface area (Å²) in [7, 11) is 0. The summed E-state index contributed by atoms with van der Waals surface area (Å²) in [6.45, 7) is 3.73. The molecule has 0 rings (SSSR count). The molecule has 3 unspecified atom stereocenters. The Labute approximate surface area is 198 Å². The summed E-state index contributed by atoms with van der Waals surface area (Å²) in [4.78, 5) is 24.2. The Kier molecular flexibility index (Phi) is 20.1. The molecule has 29 heavy (non-hydrogen) atoms. The van der Waals surface area contributed by atoms with Gasteiger partial charge in [-0.05, 0) is 36.5 Å². The molecule has 0 aromatic carbocycles. The Bertz CT molecular complexity index is 703. The molecule has 0 heterocycles. The first-order valence-corrected chi connectivity index (χ1v) is 9.19. The van der Waals surface area contributed by atoms with Gasteiger partial charge in [0, 0.05) is 12.0 Å². The first-order valence-electron chi connectivity index (χ1n) is 8.38. The molecule has 0 saturated carbocycles. The van der Waals surface area contributed by atoms with Crippen LogP contribution in [0, 0.1) is 60.2 Å². The number of hydrogen-bond acceptors (Lipinski definition) is 8. The van der Waals surface area contributed by atoms with Gasteiger partial charge in [0.1, 0.15) is 18.5 Å². The molecule has 0 saturated heterocycles. The SMILES string of the molecule is C#CC#CC(CC)COC(=O)CC(SOO[O-])C(=O)OCC(C#CC#C)CC.[Na+]. The molecule has 0 amide bonds. The number of carbonyl (C=O) groups excluding carboxylic acids is 2. The van der Waals surface area contributed by atoms with Crippen molar-refractivity contribution in [1.82, 2.24) is 0 Å². The fourth-order valence-electron chi connectivity index (χ4n) is 1.71. The summed E-state index contributed by atoms with van der Waals surface area (Å²) in [5.74, 6) is 12.9. The van der Waals surface area contributed by atoms with Crippen molar-refractivity contribution in [3.63, 3.8) is 0 Å². The molecule has 0 aliphatic heterocycles. The van der Waals surface area contributed by atoms with Crippen molar-refractivity contribution in [2.24, 2.45) is 11.8 Å². The average Bonchev–Trinajstić information content (AvgIpc) is 2.71. The number of hydrogen-bond donors (Lipinski definition) is 0. The van der Waals surface area contributed by atoms with Crippen LogP contribution >= 0.6 is 12.0 Å². The second kappa shape index (κ2) is 19.7. The van der Waals surface area contributed by atoms with E-state index >= 15 is 0 Å². The van der Waals surface area contributed by atoms with E-state index < -0.39 is 23.6 Å². The molecule has 0 N–H and O–H groups in total. The number of terminal acetylenes is 2. The van der Waals surface area contributed by atoms with E-state index in [1.807, 2.05) is 13.8 Å². The third-order valence-electron chi connectivity index (χ3n) is 3.35. The molecule has 0 radical (unpaired) electrons. The van der Waals surface area contributed by atoms with Crippen molar-refractivity contribution >= 4 is 24.0 Å². The Balaban J connectivity index is 0. The van der Waals surface area contributed by atoms with Crippen molar-refractivity contribution in [2.75, 3.05) is 13.2 Å². The van der Waals surface area contributed by atoms with Gasteiger partial charge in [-0.1, -0.05) is 25.7 Å². The largest absolute Gasteiger partial charge is 1.00 e. The predicted molar refractivity (Wildman–Crippen MR) is 101 cm³/mol. The van der Waals surface area contributed by atoms with E-state index in [0.717, 1.165) is 0 Å². The molecule has 0 spiro atoms. The van der Waals surface area contributed by atoms with Gasteiger partial charge in [0.2, 0.25) is 0 Å². The molecule has 9 heteroatoms. The van der Waals surface area contributed by atoms with Gasteiger partial charge in [0.15, 0.2) is 0 Å². The van der Waals surface area contributed by atoms with Crippen molar-refractivity contribution in [3.8, 4) is 48.4 Å². The van der Waals surface area contributed by atoms with Gasteiger partial charge in [-0.2, -0.15) is 4.33 Å². The fourth-order valence-corrected chi connectivity index (χ4v) is 2.19. The van der Waals surface area contributed by atoms with Gasteiger partial charge >= 0.3 is 41.5 Å². The monoisotopic (exact) mass is 428 g/mol. The molecule has 0 bridgehead atoms. The second-order valence-corrected chi connectivity index (χ2v) is 6.17. The minimum absolute atomic E-state index is 0. The van der Waals surface area contributed by atoms with Crippen LogP contribution in [0.15, 0.2) is 0 Å². The minimum atomic E-state index is -1.16. The Hall–Kier alpha value is -1.59. The van der Waals surface area contributed by atoms with Gasteiger partial charge in [0.05, 0.1) is 18.3 Å². The molecule has 0 aromatic heterocycles. The fraction of sp³-hybridized carbons (Fsp3) is 0.500. The smallest absolute Gasteiger partial charge is 0.691 e. The summed E-state index contributed by atoms with van der Waals surface area (Å²) in [5, 5.41) is 12.1. The Morgan fingerprint density at radius 2 is 1.52 bits per heavy atom. The van der Waals surface area contributed by atoms with E-state index in [-0.39, 0.29) is 54.6 Å². The Morgan fingerprint density at radius 3 is 1.97 bits per heavy atom. The molecule has 0 aliphatic rings.